The largest absolute Gasteiger partial charge is 0.312 e. The first kappa shape index (κ1) is 15.5. The van der Waals surface area contributed by atoms with Gasteiger partial charge in [0.05, 0.1) is 0 Å². The van der Waals surface area contributed by atoms with Gasteiger partial charge in [0.15, 0.2) is 0 Å². The highest BCUT2D eigenvalue weighted by molar-refractivity contribution is 5.24. The predicted molar refractivity (Wildman–Crippen MR) is 87.0 cm³/mol. The Bertz CT molecular complexity index is 412. The SMILES string of the molecule is CNC(CN1CC(C)CC(C)C1C)c1ccc(C)cc1. The summed E-state index contributed by atoms with van der Waals surface area (Å²) in [6, 6.07) is 10.1. The number of likely N-dealkylation sites (tertiary alicyclic amines) is 1. The van der Waals surface area contributed by atoms with Crippen LogP contribution in [0.15, 0.2) is 24.3 Å². The molecule has 4 atom stereocenters. The second-order valence-electron chi connectivity index (χ2n) is 6.76. The standard InChI is InChI=1S/C18H30N2/c1-13-6-8-17(9-7-13)18(19-5)12-20-11-14(2)10-15(3)16(20)4/h6-9,14-16,18-19H,10-12H2,1-5H3. The Morgan fingerprint density at radius 2 is 1.85 bits per heavy atom. The van der Waals surface area contributed by atoms with Crippen LogP contribution in [0.2, 0.25) is 0 Å². The number of aryl methyl sites for hydroxylation is 1. The van der Waals surface area contributed by atoms with Gasteiger partial charge in [-0.15, -0.1) is 0 Å². The van der Waals surface area contributed by atoms with Gasteiger partial charge in [-0.1, -0.05) is 43.7 Å². The minimum Gasteiger partial charge on any atom is -0.312 e. The van der Waals surface area contributed by atoms with E-state index in [0.29, 0.717) is 12.1 Å². The summed E-state index contributed by atoms with van der Waals surface area (Å²) in [5.74, 6) is 1.62. The van der Waals surface area contributed by atoms with E-state index >= 15 is 0 Å². The van der Waals surface area contributed by atoms with E-state index in [-0.39, 0.29) is 0 Å². The smallest absolute Gasteiger partial charge is 0.0446 e. The highest BCUT2D eigenvalue weighted by atomic mass is 15.2. The van der Waals surface area contributed by atoms with Crippen LogP contribution < -0.4 is 5.32 Å². The Balaban J connectivity index is 2.07. The van der Waals surface area contributed by atoms with E-state index in [4.69, 9.17) is 0 Å². The summed E-state index contributed by atoms with van der Waals surface area (Å²) in [5, 5.41) is 3.49. The number of piperidine rings is 1. The van der Waals surface area contributed by atoms with Crippen LogP contribution in [0.1, 0.15) is 44.4 Å². The van der Waals surface area contributed by atoms with Crippen molar-refractivity contribution in [3.8, 4) is 0 Å². The van der Waals surface area contributed by atoms with Crippen molar-refractivity contribution in [2.75, 3.05) is 20.1 Å². The van der Waals surface area contributed by atoms with Crippen LogP contribution in [0.4, 0.5) is 0 Å². The molecule has 1 aliphatic heterocycles. The van der Waals surface area contributed by atoms with E-state index in [2.05, 4.69) is 69.2 Å². The number of hydrogen-bond donors (Lipinski definition) is 1. The van der Waals surface area contributed by atoms with Crippen LogP contribution in [-0.4, -0.2) is 31.1 Å². The van der Waals surface area contributed by atoms with Crippen molar-refractivity contribution < 1.29 is 0 Å². The molecule has 20 heavy (non-hydrogen) atoms. The second-order valence-corrected chi connectivity index (χ2v) is 6.76. The summed E-state index contributed by atoms with van der Waals surface area (Å²) < 4.78 is 0. The molecule has 1 heterocycles. The van der Waals surface area contributed by atoms with Gasteiger partial charge < -0.3 is 5.32 Å². The van der Waals surface area contributed by atoms with Gasteiger partial charge in [-0.2, -0.15) is 0 Å². The number of likely N-dealkylation sites (N-methyl/N-ethyl adjacent to an activating group) is 1. The number of nitrogens with zero attached hydrogens (tertiary/aromatic N) is 1. The predicted octanol–water partition coefficient (Wildman–Crippen LogP) is 3.62. The number of nitrogens with one attached hydrogen (secondary N) is 1. The first-order valence-corrected chi connectivity index (χ1v) is 7.99. The van der Waals surface area contributed by atoms with Crippen LogP contribution in [-0.2, 0) is 0 Å². The summed E-state index contributed by atoms with van der Waals surface area (Å²) in [6.45, 7) is 11.7. The first-order chi connectivity index (χ1) is 9.51. The lowest BCUT2D eigenvalue weighted by Crippen LogP contribution is -2.48. The molecule has 0 saturated carbocycles. The average Bonchev–Trinajstić information content (AvgIpc) is 2.42. The Kier molecular flexibility index (Phi) is 5.22. The van der Waals surface area contributed by atoms with Gasteiger partial charge in [0.1, 0.15) is 0 Å². The van der Waals surface area contributed by atoms with Crippen LogP contribution in [0.25, 0.3) is 0 Å². The Hall–Kier alpha value is -0.860. The van der Waals surface area contributed by atoms with Gasteiger partial charge in [0, 0.05) is 25.2 Å². The van der Waals surface area contributed by atoms with Gasteiger partial charge in [-0.05, 0) is 44.7 Å². The molecule has 1 fully saturated rings. The number of benzene rings is 1. The quantitative estimate of drug-likeness (QED) is 0.902. The number of rotatable bonds is 4. The minimum absolute atomic E-state index is 0.426. The lowest BCUT2D eigenvalue weighted by atomic mass is 9.85. The molecule has 0 aromatic heterocycles. The monoisotopic (exact) mass is 274 g/mol. The molecule has 4 unspecified atom stereocenters. The maximum absolute atomic E-state index is 3.49. The van der Waals surface area contributed by atoms with Gasteiger partial charge in [-0.25, -0.2) is 0 Å². The van der Waals surface area contributed by atoms with Crippen molar-refractivity contribution in [2.24, 2.45) is 11.8 Å². The van der Waals surface area contributed by atoms with Crippen molar-refractivity contribution in [2.45, 2.75) is 46.2 Å². The molecular formula is C18H30N2. The van der Waals surface area contributed by atoms with Crippen LogP contribution in [0, 0.1) is 18.8 Å². The maximum Gasteiger partial charge on any atom is 0.0446 e. The fourth-order valence-corrected chi connectivity index (χ4v) is 3.47. The van der Waals surface area contributed by atoms with Crippen molar-refractivity contribution in [3.05, 3.63) is 35.4 Å². The molecule has 1 aromatic carbocycles. The van der Waals surface area contributed by atoms with Crippen molar-refractivity contribution in [1.29, 1.82) is 0 Å². The van der Waals surface area contributed by atoms with Crippen molar-refractivity contribution >= 4 is 0 Å². The van der Waals surface area contributed by atoms with Crippen molar-refractivity contribution in [3.63, 3.8) is 0 Å². The Morgan fingerprint density at radius 3 is 2.45 bits per heavy atom. The van der Waals surface area contributed by atoms with Gasteiger partial charge in [0.25, 0.3) is 0 Å². The zero-order chi connectivity index (χ0) is 14.7. The Labute approximate surface area is 124 Å². The molecule has 1 aromatic rings. The maximum atomic E-state index is 3.49. The minimum atomic E-state index is 0.426. The Morgan fingerprint density at radius 1 is 1.20 bits per heavy atom. The summed E-state index contributed by atoms with van der Waals surface area (Å²) in [7, 11) is 2.08. The zero-order valence-corrected chi connectivity index (χ0v) is 13.7. The van der Waals surface area contributed by atoms with E-state index in [0.717, 1.165) is 18.4 Å². The molecule has 1 aliphatic rings. The third-order valence-corrected chi connectivity index (χ3v) is 4.97. The lowest BCUT2D eigenvalue weighted by Gasteiger charge is -2.42. The third-order valence-electron chi connectivity index (χ3n) is 4.97. The van der Waals surface area contributed by atoms with Gasteiger partial charge in [-0.3, -0.25) is 4.90 Å². The third kappa shape index (κ3) is 3.62. The molecular weight excluding hydrogens is 244 g/mol. The summed E-state index contributed by atoms with van der Waals surface area (Å²) in [4.78, 5) is 2.67. The molecule has 1 N–H and O–H groups in total. The van der Waals surface area contributed by atoms with Crippen LogP contribution in [0.5, 0.6) is 0 Å². The molecule has 0 amide bonds. The molecule has 0 bridgehead atoms. The highest BCUT2D eigenvalue weighted by Crippen LogP contribution is 2.28. The normalized spacial score (nSPS) is 29.4. The average molecular weight is 274 g/mol. The molecule has 2 heteroatoms. The summed E-state index contributed by atoms with van der Waals surface area (Å²) in [6.07, 6.45) is 1.37. The van der Waals surface area contributed by atoms with E-state index in [1.165, 1.54) is 24.1 Å². The van der Waals surface area contributed by atoms with E-state index in [1.807, 2.05) is 0 Å². The molecule has 2 nitrogen and oxygen atoms in total. The molecule has 0 radical (unpaired) electrons. The first-order valence-electron chi connectivity index (χ1n) is 7.99. The molecule has 1 saturated heterocycles. The van der Waals surface area contributed by atoms with E-state index in [9.17, 15) is 0 Å². The van der Waals surface area contributed by atoms with Gasteiger partial charge in [0.2, 0.25) is 0 Å². The van der Waals surface area contributed by atoms with E-state index in [1.54, 1.807) is 0 Å². The molecule has 112 valence electrons. The van der Waals surface area contributed by atoms with Crippen LogP contribution >= 0.6 is 0 Å². The van der Waals surface area contributed by atoms with E-state index < -0.39 is 0 Å². The summed E-state index contributed by atoms with van der Waals surface area (Å²) >= 11 is 0. The molecule has 2 rings (SSSR count). The number of hydrogen-bond acceptors (Lipinski definition) is 2. The highest BCUT2D eigenvalue weighted by Gasteiger charge is 2.30. The molecule has 0 spiro atoms. The fraction of sp³-hybridized carbons (Fsp3) is 0.667. The van der Waals surface area contributed by atoms with Gasteiger partial charge >= 0.3 is 0 Å². The molecule has 0 aliphatic carbocycles. The topological polar surface area (TPSA) is 15.3 Å². The van der Waals surface area contributed by atoms with Crippen molar-refractivity contribution in [1.82, 2.24) is 10.2 Å². The summed E-state index contributed by atoms with van der Waals surface area (Å²) in [5.41, 5.74) is 2.73. The lowest BCUT2D eigenvalue weighted by molar-refractivity contribution is 0.0710. The van der Waals surface area contributed by atoms with Crippen LogP contribution in [0.3, 0.4) is 0 Å². The second kappa shape index (κ2) is 6.73. The zero-order valence-electron chi connectivity index (χ0n) is 13.7. The fourth-order valence-electron chi connectivity index (χ4n) is 3.47.